The van der Waals surface area contributed by atoms with Gasteiger partial charge >= 0.3 is 12.1 Å². The molecule has 17 heteroatoms. The van der Waals surface area contributed by atoms with E-state index in [1.54, 1.807) is 74.5 Å². The molecular weight excluding hydrogens is 765 g/mol. The second kappa shape index (κ2) is 18.3. The first-order chi connectivity index (χ1) is 26.9. The molecule has 3 unspecified atom stereocenters. The molecule has 2 aromatic carbocycles. The summed E-state index contributed by atoms with van der Waals surface area (Å²) in [5.41, 5.74) is 2.22. The highest BCUT2D eigenvalue weighted by Crippen LogP contribution is 2.40. The third-order valence-electron chi connectivity index (χ3n) is 9.53. The molecule has 0 aliphatic carbocycles. The second-order valence-electron chi connectivity index (χ2n) is 13.5. The normalized spacial score (nSPS) is 18.7. The Bertz CT molecular complexity index is 1990. The van der Waals surface area contributed by atoms with Gasteiger partial charge in [-0.2, -0.15) is 4.57 Å². The van der Waals surface area contributed by atoms with Gasteiger partial charge in [0.1, 0.15) is 49.8 Å². The molecule has 298 valence electrons. The molecule has 2 amide bonds. The smallest absolute Gasteiger partial charge is 0.418 e. The molecule has 2 aliphatic rings. The number of carbonyl (C=O) groups excluding carboxylic acids is 3. The maximum absolute atomic E-state index is 13.3. The monoisotopic (exact) mass is 810 g/mol. The van der Waals surface area contributed by atoms with Gasteiger partial charge in [-0.3, -0.25) is 14.5 Å². The van der Waals surface area contributed by atoms with Crippen LogP contribution in [0.5, 0.6) is 5.75 Å². The van der Waals surface area contributed by atoms with Crippen LogP contribution in [0.25, 0.3) is 0 Å². The third-order valence-corrected chi connectivity index (χ3v) is 10.1. The number of halogens is 2. The molecule has 56 heavy (non-hydrogen) atoms. The van der Waals surface area contributed by atoms with Gasteiger partial charge in [-0.05, 0) is 49.5 Å². The number of benzene rings is 2. The molecule has 0 radical (unpaired) electrons. The average molecular weight is 812 g/mol. The number of anilines is 2. The van der Waals surface area contributed by atoms with Gasteiger partial charge in [0.15, 0.2) is 0 Å². The zero-order valence-electron chi connectivity index (χ0n) is 31.7. The van der Waals surface area contributed by atoms with Crippen molar-refractivity contribution in [1.82, 2.24) is 19.8 Å². The lowest BCUT2D eigenvalue weighted by Crippen LogP contribution is -2.48. The van der Waals surface area contributed by atoms with E-state index in [0.717, 1.165) is 18.8 Å². The summed E-state index contributed by atoms with van der Waals surface area (Å²) in [7, 11) is 3.19. The van der Waals surface area contributed by atoms with Crippen LogP contribution in [0.1, 0.15) is 31.2 Å². The number of aromatic nitrogens is 3. The van der Waals surface area contributed by atoms with E-state index in [1.807, 2.05) is 39.9 Å². The minimum absolute atomic E-state index is 0.0547. The van der Waals surface area contributed by atoms with Crippen LogP contribution in [0.3, 0.4) is 0 Å². The van der Waals surface area contributed by atoms with Crippen LogP contribution in [-0.2, 0) is 47.5 Å². The van der Waals surface area contributed by atoms with Crippen LogP contribution in [0.15, 0.2) is 79.5 Å². The quantitative estimate of drug-likeness (QED) is 0.142. The molecule has 0 saturated carbocycles. The molecule has 0 bridgehead atoms. The Morgan fingerprint density at radius 2 is 1.88 bits per heavy atom. The van der Waals surface area contributed by atoms with E-state index in [0.29, 0.717) is 45.8 Å². The first-order valence-electron chi connectivity index (χ1n) is 18.2. The number of nitrogens with zero attached hydrogens (tertiary/aromatic N) is 6. The highest BCUT2D eigenvalue weighted by atomic mass is 35.5. The number of piperazine rings is 1. The summed E-state index contributed by atoms with van der Waals surface area (Å²) >= 11 is 13.0. The van der Waals surface area contributed by atoms with Crippen molar-refractivity contribution in [2.75, 3.05) is 69.8 Å². The molecule has 2 aliphatic heterocycles. The SMILES string of the molecule is CNCC(=O)OCc1cccnc1N(C)C(=O)OC(C)n1cc[n+](CC2(c3ccc(Cl)cc3Cl)OCC(COc3ccc(N4CCN(C(C)=O)CC4)cc3)O2)c1. The Balaban J connectivity index is 1.09. The summed E-state index contributed by atoms with van der Waals surface area (Å²) in [4.78, 5) is 46.5. The molecule has 0 spiro atoms. The summed E-state index contributed by atoms with van der Waals surface area (Å²) < 4.78 is 33.9. The number of hydrogen-bond acceptors (Lipinski definition) is 11. The van der Waals surface area contributed by atoms with E-state index >= 15 is 0 Å². The van der Waals surface area contributed by atoms with Gasteiger partial charge in [0.05, 0.1) is 18.2 Å². The summed E-state index contributed by atoms with van der Waals surface area (Å²) in [5.74, 6) is -0.624. The second-order valence-corrected chi connectivity index (χ2v) is 14.3. The molecule has 3 atom stereocenters. The lowest BCUT2D eigenvalue weighted by Gasteiger charge is -2.35. The number of likely N-dealkylation sites (N-methyl/N-ethyl adjacent to an activating group) is 1. The van der Waals surface area contributed by atoms with E-state index in [4.69, 9.17) is 46.9 Å². The topological polar surface area (TPSA) is 141 Å². The first kappa shape index (κ1) is 40.7. The highest BCUT2D eigenvalue weighted by Gasteiger charge is 2.47. The van der Waals surface area contributed by atoms with E-state index in [1.165, 1.54) is 11.9 Å². The number of imidazole rings is 1. The van der Waals surface area contributed by atoms with E-state index in [-0.39, 0.29) is 38.8 Å². The van der Waals surface area contributed by atoms with Gasteiger partial charge in [0.25, 0.3) is 0 Å². The maximum atomic E-state index is 13.3. The van der Waals surface area contributed by atoms with Crippen molar-refractivity contribution < 1.29 is 42.6 Å². The van der Waals surface area contributed by atoms with Gasteiger partial charge in [-0.25, -0.2) is 14.3 Å². The zero-order chi connectivity index (χ0) is 39.8. The number of esters is 1. The van der Waals surface area contributed by atoms with Crippen molar-refractivity contribution in [3.05, 3.63) is 101 Å². The molecule has 4 heterocycles. The van der Waals surface area contributed by atoms with Crippen molar-refractivity contribution in [3.63, 3.8) is 0 Å². The number of nitrogens with one attached hydrogen (secondary N) is 1. The van der Waals surface area contributed by atoms with Crippen LogP contribution in [0, 0.1) is 0 Å². The molecule has 2 aromatic heterocycles. The number of amides is 2. The van der Waals surface area contributed by atoms with Crippen LogP contribution >= 0.6 is 23.2 Å². The molecule has 2 fully saturated rings. The number of rotatable bonds is 14. The Morgan fingerprint density at radius 1 is 1.11 bits per heavy atom. The van der Waals surface area contributed by atoms with Crippen molar-refractivity contribution in [3.8, 4) is 5.75 Å². The predicted molar refractivity (Wildman–Crippen MR) is 208 cm³/mol. The molecule has 2 saturated heterocycles. The Morgan fingerprint density at radius 3 is 2.59 bits per heavy atom. The minimum atomic E-state index is -1.29. The van der Waals surface area contributed by atoms with Gasteiger partial charge in [-0.1, -0.05) is 35.3 Å². The largest absolute Gasteiger partial charge is 0.491 e. The predicted octanol–water partition coefficient (Wildman–Crippen LogP) is 4.55. The molecule has 6 rings (SSSR count). The third kappa shape index (κ3) is 9.89. The van der Waals surface area contributed by atoms with E-state index in [9.17, 15) is 14.4 Å². The summed E-state index contributed by atoms with van der Waals surface area (Å²) in [5, 5.41) is 3.60. The summed E-state index contributed by atoms with van der Waals surface area (Å²) in [6, 6.07) is 16.5. The van der Waals surface area contributed by atoms with Crippen LogP contribution < -0.4 is 24.4 Å². The van der Waals surface area contributed by atoms with Gasteiger partial charge < -0.3 is 38.8 Å². The number of pyridine rings is 1. The van der Waals surface area contributed by atoms with Crippen molar-refractivity contribution in [1.29, 1.82) is 0 Å². The Hall–Kier alpha value is -4.93. The maximum Gasteiger partial charge on any atom is 0.418 e. The Kier molecular flexibility index (Phi) is 13.3. The number of hydrogen-bond donors (Lipinski definition) is 1. The minimum Gasteiger partial charge on any atom is -0.491 e. The molecule has 15 nitrogen and oxygen atoms in total. The Labute approximate surface area is 335 Å². The summed E-state index contributed by atoms with van der Waals surface area (Å²) in [6.45, 7) is 6.96. The van der Waals surface area contributed by atoms with Crippen LogP contribution in [0.2, 0.25) is 10.0 Å². The molecule has 4 aromatic rings. The van der Waals surface area contributed by atoms with Gasteiger partial charge in [0, 0.05) is 75.1 Å². The van der Waals surface area contributed by atoms with Crippen LogP contribution in [0.4, 0.5) is 16.3 Å². The fraction of sp³-hybridized carbons (Fsp3) is 0.410. The lowest BCUT2D eigenvalue weighted by molar-refractivity contribution is -0.720. The number of carbonyl (C=O) groups is 3. The van der Waals surface area contributed by atoms with Crippen LogP contribution in [-0.4, -0.2) is 98.6 Å². The standard InChI is InChI=1S/C39H46Cl2N7O8/c1-27(49)46-16-18-47(19-17-46)31-8-10-32(11-9-31)52-23-33-24-54-39(56-33,34-12-7-30(40)20-35(34)41)25-45-14-15-48(26-45)28(2)55-38(51)44(4)37-29(6-5-13-43-37)22-53-36(50)21-42-3/h5-15,20,26,28,33,42H,16-19,21-25H2,1-4H3/q+1. The number of ether oxygens (including phenoxy) is 5. The zero-order valence-corrected chi connectivity index (χ0v) is 33.2. The fourth-order valence-corrected chi connectivity index (χ4v) is 7.06. The van der Waals surface area contributed by atoms with E-state index < -0.39 is 30.2 Å². The molecular formula is C39H46Cl2N7O8+. The van der Waals surface area contributed by atoms with E-state index in [2.05, 4.69) is 15.2 Å². The summed E-state index contributed by atoms with van der Waals surface area (Å²) in [6.07, 6.45) is 5.10. The van der Waals surface area contributed by atoms with Crippen molar-refractivity contribution in [2.45, 2.75) is 45.1 Å². The van der Waals surface area contributed by atoms with Crippen molar-refractivity contribution >= 4 is 52.7 Å². The van der Waals surface area contributed by atoms with Gasteiger partial charge in [0.2, 0.25) is 24.2 Å². The fourth-order valence-electron chi connectivity index (χ4n) is 6.51. The lowest BCUT2D eigenvalue weighted by atomic mass is 10.1. The van der Waals surface area contributed by atoms with Crippen molar-refractivity contribution in [2.24, 2.45) is 0 Å². The average Bonchev–Trinajstić information content (AvgIpc) is 3.84. The first-order valence-corrected chi connectivity index (χ1v) is 19.0. The van der Waals surface area contributed by atoms with Gasteiger partial charge in [-0.15, -0.1) is 0 Å². The molecule has 1 N–H and O–H groups in total. The highest BCUT2D eigenvalue weighted by molar-refractivity contribution is 6.35.